The van der Waals surface area contributed by atoms with Crippen LogP contribution >= 0.6 is 7.82 Å². The summed E-state index contributed by atoms with van der Waals surface area (Å²) in [7, 11) is -3.61. The molecule has 2 saturated heterocycles. The number of hydrogen-bond donors (Lipinski definition) is 2. The van der Waals surface area contributed by atoms with Crippen molar-refractivity contribution in [2.75, 3.05) is 19.8 Å². The smallest absolute Gasteiger partial charge is 0.404 e. The molecular formula is C28H30N3O7P. The normalized spacial score (nSPS) is 21.5. The van der Waals surface area contributed by atoms with Crippen molar-refractivity contribution in [3.05, 3.63) is 64.7 Å². The molecule has 3 amide bonds. The van der Waals surface area contributed by atoms with Gasteiger partial charge < -0.3 is 14.7 Å². The molecule has 0 aliphatic carbocycles. The molecule has 0 aromatic heterocycles. The fourth-order valence-corrected chi connectivity index (χ4v) is 6.10. The maximum absolute atomic E-state index is 12.8. The van der Waals surface area contributed by atoms with Gasteiger partial charge in [-0.2, -0.15) is 0 Å². The van der Waals surface area contributed by atoms with Gasteiger partial charge in [0.2, 0.25) is 11.8 Å². The van der Waals surface area contributed by atoms with Crippen LogP contribution in [0, 0.1) is 17.3 Å². The van der Waals surface area contributed by atoms with Crippen LogP contribution in [0.2, 0.25) is 0 Å². The number of rotatable bonds is 6. The van der Waals surface area contributed by atoms with Crippen LogP contribution in [0.1, 0.15) is 53.7 Å². The second-order valence-electron chi connectivity index (χ2n) is 10.6. The topological polar surface area (TPSA) is 123 Å². The number of phosphoric ester groups is 1. The van der Waals surface area contributed by atoms with E-state index in [9.17, 15) is 18.9 Å². The van der Waals surface area contributed by atoms with Crippen LogP contribution in [-0.2, 0) is 36.3 Å². The van der Waals surface area contributed by atoms with Gasteiger partial charge in [0.1, 0.15) is 11.8 Å². The Morgan fingerprint density at radius 3 is 2.59 bits per heavy atom. The highest BCUT2D eigenvalue weighted by molar-refractivity contribution is 7.49. The summed E-state index contributed by atoms with van der Waals surface area (Å²) >= 11 is 0. The molecule has 1 unspecified atom stereocenters. The average Bonchev–Trinajstić information content (AvgIpc) is 3.22. The number of piperidine rings is 1. The first-order valence-electron chi connectivity index (χ1n) is 12.8. The molecule has 2 N–H and O–H groups in total. The van der Waals surface area contributed by atoms with Crippen molar-refractivity contribution in [3.8, 4) is 17.6 Å². The first-order valence-corrected chi connectivity index (χ1v) is 14.2. The third kappa shape index (κ3) is 6.40. The minimum Gasteiger partial charge on any atom is -0.404 e. The number of nitrogens with one attached hydrogen (secondary N) is 2. The van der Waals surface area contributed by atoms with Crippen molar-refractivity contribution in [1.29, 1.82) is 0 Å². The summed E-state index contributed by atoms with van der Waals surface area (Å²) in [5, 5.41) is 5.59. The van der Waals surface area contributed by atoms with Crippen molar-refractivity contribution in [1.82, 2.24) is 15.5 Å². The number of nitrogens with zero attached hydrogens (tertiary/aromatic N) is 1. The minimum absolute atomic E-state index is 0.184. The summed E-state index contributed by atoms with van der Waals surface area (Å²) in [6.07, 6.45) is 0.574. The van der Waals surface area contributed by atoms with Crippen molar-refractivity contribution >= 4 is 25.5 Å². The van der Waals surface area contributed by atoms with Gasteiger partial charge in [-0.05, 0) is 47.9 Å². The fourth-order valence-electron chi connectivity index (χ4n) is 4.52. The molecule has 10 nitrogen and oxygen atoms in total. The lowest BCUT2D eigenvalue weighted by atomic mass is 9.97. The van der Waals surface area contributed by atoms with Gasteiger partial charge in [0, 0.05) is 36.1 Å². The largest absolute Gasteiger partial charge is 0.530 e. The number of carbonyl (C=O) groups is 3. The van der Waals surface area contributed by atoms with Gasteiger partial charge in [0.15, 0.2) is 0 Å². The third-order valence-corrected chi connectivity index (χ3v) is 7.99. The van der Waals surface area contributed by atoms with E-state index in [2.05, 4.69) is 22.5 Å². The van der Waals surface area contributed by atoms with E-state index in [0.29, 0.717) is 50.6 Å². The van der Waals surface area contributed by atoms with Gasteiger partial charge in [-0.15, -0.1) is 0 Å². The van der Waals surface area contributed by atoms with Crippen LogP contribution in [0.25, 0.3) is 0 Å². The Balaban J connectivity index is 1.10. The molecule has 1 atom stereocenters. The zero-order valence-electron chi connectivity index (χ0n) is 21.8. The Bertz CT molecular complexity index is 1400. The van der Waals surface area contributed by atoms with Crippen LogP contribution in [0.3, 0.4) is 0 Å². The predicted molar refractivity (Wildman–Crippen MR) is 141 cm³/mol. The monoisotopic (exact) mass is 551 g/mol. The summed E-state index contributed by atoms with van der Waals surface area (Å²) in [5.74, 6) is 5.62. The zero-order chi connectivity index (χ0) is 27.6. The molecule has 39 heavy (non-hydrogen) atoms. The number of phosphoric acid groups is 1. The first-order chi connectivity index (χ1) is 18.6. The van der Waals surface area contributed by atoms with E-state index in [-0.39, 0.29) is 23.7 Å². The van der Waals surface area contributed by atoms with Gasteiger partial charge in [0.05, 0.1) is 19.8 Å². The van der Waals surface area contributed by atoms with E-state index >= 15 is 0 Å². The highest BCUT2D eigenvalue weighted by Gasteiger charge is 2.40. The van der Waals surface area contributed by atoms with E-state index in [1.54, 1.807) is 35.2 Å². The summed E-state index contributed by atoms with van der Waals surface area (Å²) < 4.78 is 28.7. The Labute approximate surface area is 227 Å². The van der Waals surface area contributed by atoms with Crippen LogP contribution in [-0.4, -0.2) is 48.4 Å². The molecule has 204 valence electrons. The molecule has 2 fully saturated rings. The highest BCUT2D eigenvalue weighted by atomic mass is 31.2. The molecule has 0 spiro atoms. The summed E-state index contributed by atoms with van der Waals surface area (Å²) in [6.45, 7) is 5.88. The molecule has 3 aliphatic heterocycles. The Hall–Kier alpha value is -3.48. The van der Waals surface area contributed by atoms with E-state index < -0.39 is 19.8 Å². The molecule has 3 aliphatic rings. The van der Waals surface area contributed by atoms with Crippen LogP contribution in [0.15, 0.2) is 42.5 Å². The lowest BCUT2D eigenvalue weighted by molar-refractivity contribution is -0.136. The van der Waals surface area contributed by atoms with Crippen molar-refractivity contribution in [3.63, 3.8) is 0 Å². The van der Waals surface area contributed by atoms with Gasteiger partial charge in [-0.3, -0.25) is 28.7 Å². The number of imide groups is 1. The lowest BCUT2D eigenvalue weighted by Crippen LogP contribution is -2.52. The number of fused-ring (bicyclic) bond motifs is 1. The number of amides is 3. The Morgan fingerprint density at radius 2 is 1.87 bits per heavy atom. The first kappa shape index (κ1) is 27.1. The second kappa shape index (κ2) is 10.9. The molecule has 11 heteroatoms. The van der Waals surface area contributed by atoms with Crippen LogP contribution in [0.5, 0.6) is 5.75 Å². The maximum atomic E-state index is 12.8. The Kier molecular flexibility index (Phi) is 7.61. The zero-order valence-corrected chi connectivity index (χ0v) is 22.7. The van der Waals surface area contributed by atoms with Gasteiger partial charge in [-0.1, -0.05) is 37.8 Å². The maximum Gasteiger partial charge on any atom is 0.530 e. The molecule has 0 saturated carbocycles. The van der Waals surface area contributed by atoms with E-state index in [4.69, 9.17) is 13.6 Å². The summed E-state index contributed by atoms with van der Waals surface area (Å²) in [4.78, 5) is 38.0. The summed E-state index contributed by atoms with van der Waals surface area (Å²) in [5.41, 5.74) is 3.03. The van der Waals surface area contributed by atoms with Crippen molar-refractivity contribution in [2.24, 2.45) is 5.41 Å². The van der Waals surface area contributed by atoms with Gasteiger partial charge >= 0.3 is 7.82 Å². The van der Waals surface area contributed by atoms with Gasteiger partial charge in [0.25, 0.3) is 5.91 Å². The van der Waals surface area contributed by atoms with Crippen LogP contribution < -0.4 is 15.2 Å². The number of benzene rings is 2. The predicted octanol–water partition coefficient (Wildman–Crippen LogP) is 3.15. The van der Waals surface area contributed by atoms with E-state index in [1.165, 1.54) is 0 Å². The molecule has 0 radical (unpaired) electrons. The highest BCUT2D eigenvalue weighted by Crippen LogP contribution is 2.54. The molecule has 5 rings (SSSR count). The SMILES string of the molecule is CC1(C)COP(=O)(Oc2ccc(C#CCNCc3ccc4c(c3)CN(C3CCC(=O)NC3=O)C4=O)cc2)OC1. The minimum atomic E-state index is -3.61. The van der Waals surface area contributed by atoms with Crippen LogP contribution in [0.4, 0.5) is 0 Å². The fraction of sp³-hybridized carbons (Fsp3) is 0.393. The quantitative estimate of drug-likeness (QED) is 0.243. The van der Waals surface area contributed by atoms with Gasteiger partial charge in [-0.25, -0.2) is 4.57 Å². The molecular weight excluding hydrogens is 521 g/mol. The molecule has 3 heterocycles. The standard InChI is InChI=1S/C28H30N3O7P/c1-28(2)17-36-39(35,37-18-28)38-22-8-5-19(6-9-22)4-3-13-29-15-20-7-10-23-21(14-20)16-31(27(23)34)24-11-12-25(32)30-26(24)33/h5-10,14,24,29H,11-13,15-18H2,1-2H3,(H,30,32,33). The third-order valence-electron chi connectivity index (χ3n) is 6.66. The summed E-state index contributed by atoms with van der Waals surface area (Å²) in [6, 6.07) is 11.9. The van der Waals surface area contributed by atoms with Crippen molar-refractivity contribution < 1.29 is 32.5 Å². The average molecular weight is 552 g/mol. The molecule has 0 bridgehead atoms. The number of hydrogen-bond acceptors (Lipinski definition) is 8. The lowest BCUT2D eigenvalue weighted by Gasteiger charge is -2.32. The Morgan fingerprint density at radius 1 is 1.13 bits per heavy atom. The number of carbonyl (C=O) groups excluding carboxylic acids is 3. The van der Waals surface area contributed by atoms with E-state index in [1.807, 2.05) is 26.0 Å². The van der Waals surface area contributed by atoms with E-state index in [0.717, 1.165) is 16.7 Å². The van der Waals surface area contributed by atoms with Crippen molar-refractivity contribution in [2.45, 2.75) is 45.8 Å². The molecule has 2 aromatic rings. The second-order valence-corrected chi connectivity index (χ2v) is 12.2. The molecule has 2 aromatic carbocycles.